The van der Waals surface area contributed by atoms with Gasteiger partial charge in [-0.05, 0) is 36.4 Å². The van der Waals surface area contributed by atoms with Gasteiger partial charge in [-0.3, -0.25) is 0 Å². The van der Waals surface area contributed by atoms with Gasteiger partial charge < -0.3 is 19.3 Å². The standard InChI is InChI=1S/C24H21ClN2O4/c1-29-22-9-5-7-16(23(22)30-2)24-27-19(15-6-3-4-8-21(15)31-24)13-18(26-27)17-12-14(25)10-11-20(17)28/h3-12,19,24,28H,13H2,1-2H3. The Morgan fingerprint density at radius 1 is 1.03 bits per heavy atom. The molecule has 0 amide bonds. The molecule has 3 aromatic carbocycles. The van der Waals surface area contributed by atoms with Gasteiger partial charge in [-0.15, -0.1) is 0 Å². The number of phenolic OH excluding ortho intramolecular Hbond substituents is 1. The molecule has 7 heteroatoms. The number of hydrazone groups is 1. The third kappa shape index (κ3) is 3.24. The molecule has 0 spiro atoms. The summed E-state index contributed by atoms with van der Waals surface area (Å²) in [5.74, 6) is 2.16. The number of hydrogen-bond acceptors (Lipinski definition) is 6. The number of nitrogens with zero attached hydrogens (tertiary/aromatic N) is 2. The van der Waals surface area contributed by atoms with Gasteiger partial charge in [-0.25, -0.2) is 5.01 Å². The lowest BCUT2D eigenvalue weighted by Crippen LogP contribution is -2.34. The van der Waals surface area contributed by atoms with Gasteiger partial charge in [0.15, 0.2) is 11.5 Å². The van der Waals surface area contributed by atoms with Gasteiger partial charge in [-0.2, -0.15) is 5.10 Å². The van der Waals surface area contributed by atoms with Crippen LogP contribution in [0.15, 0.2) is 65.8 Å². The number of methoxy groups -OCH3 is 2. The number of fused-ring (bicyclic) bond motifs is 3. The molecule has 3 aromatic rings. The first-order valence-electron chi connectivity index (χ1n) is 9.92. The quantitative estimate of drug-likeness (QED) is 0.600. The van der Waals surface area contributed by atoms with Crippen LogP contribution in [0.1, 0.15) is 35.4 Å². The van der Waals surface area contributed by atoms with Gasteiger partial charge in [0.1, 0.15) is 11.5 Å². The summed E-state index contributed by atoms with van der Waals surface area (Å²) in [5, 5.41) is 17.8. The van der Waals surface area contributed by atoms with Crippen molar-refractivity contribution < 1.29 is 19.3 Å². The third-order valence-electron chi connectivity index (χ3n) is 5.67. The summed E-state index contributed by atoms with van der Waals surface area (Å²) in [6, 6.07) is 18.6. The first kappa shape index (κ1) is 19.6. The van der Waals surface area contributed by atoms with Crippen molar-refractivity contribution in [3.63, 3.8) is 0 Å². The van der Waals surface area contributed by atoms with Gasteiger partial charge in [-0.1, -0.05) is 35.9 Å². The van der Waals surface area contributed by atoms with Crippen molar-refractivity contribution in [2.45, 2.75) is 18.7 Å². The molecule has 0 aliphatic carbocycles. The Morgan fingerprint density at radius 3 is 2.65 bits per heavy atom. The van der Waals surface area contributed by atoms with E-state index in [1.807, 2.05) is 47.5 Å². The predicted molar refractivity (Wildman–Crippen MR) is 118 cm³/mol. The summed E-state index contributed by atoms with van der Waals surface area (Å²) < 4.78 is 17.6. The number of benzene rings is 3. The highest BCUT2D eigenvalue weighted by Gasteiger charge is 2.42. The summed E-state index contributed by atoms with van der Waals surface area (Å²) in [6.07, 6.45) is 0.0839. The number of aromatic hydroxyl groups is 1. The van der Waals surface area contributed by atoms with Crippen LogP contribution in [0.5, 0.6) is 23.0 Å². The van der Waals surface area contributed by atoms with E-state index in [1.165, 1.54) is 0 Å². The summed E-state index contributed by atoms with van der Waals surface area (Å²) in [6.45, 7) is 0. The fraction of sp³-hybridized carbons (Fsp3) is 0.208. The van der Waals surface area contributed by atoms with E-state index in [2.05, 4.69) is 0 Å². The number of para-hydroxylation sites is 2. The summed E-state index contributed by atoms with van der Waals surface area (Å²) in [4.78, 5) is 0. The Bertz CT molecular complexity index is 1180. The average molecular weight is 437 g/mol. The molecule has 0 saturated carbocycles. The number of halogens is 1. The molecule has 2 heterocycles. The molecule has 2 atom stereocenters. The second-order valence-electron chi connectivity index (χ2n) is 7.40. The maximum atomic E-state index is 10.4. The molecule has 0 bridgehead atoms. The molecule has 158 valence electrons. The van der Waals surface area contributed by atoms with Crippen molar-refractivity contribution in [3.8, 4) is 23.0 Å². The van der Waals surface area contributed by atoms with E-state index in [9.17, 15) is 5.11 Å². The zero-order valence-electron chi connectivity index (χ0n) is 17.1. The third-order valence-corrected chi connectivity index (χ3v) is 5.90. The number of phenols is 1. The summed E-state index contributed by atoms with van der Waals surface area (Å²) >= 11 is 6.19. The Morgan fingerprint density at radius 2 is 1.84 bits per heavy atom. The normalized spacial score (nSPS) is 19.2. The zero-order chi connectivity index (χ0) is 21.5. The molecular formula is C24H21ClN2O4. The molecule has 0 radical (unpaired) electrons. The number of hydrogen-bond donors (Lipinski definition) is 1. The number of ether oxygens (including phenoxy) is 3. The highest BCUT2D eigenvalue weighted by atomic mass is 35.5. The summed E-state index contributed by atoms with van der Waals surface area (Å²) in [7, 11) is 3.22. The van der Waals surface area contributed by atoms with E-state index in [0.717, 1.165) is 22.6 Å². The highest BCUT2D eigenvalue weighted by molar-refractivity contribution is 6.31. The molecule has 2 aliphatic heterocycles. The minimum Gasteiger partial charge on any atom is -0.507 e. The van der Waals surface area contributed by atoms with Crippen molar-refractivity contribution in [2.75, 3.05) is 14.2 Å². The smallest absolute Gasteiger partial charge is 0.217 e. The second kappa shape index (κ2) is 7.71. The van der Waals surface area contributed by atoms with Crippen LogP contribution in [0.25, 0.3) is 0 Å². The maximum Gasteiger partial charge on any atom is 0.217 e. The minimum atomic E-state index is -0.524. The van der Waals surface area contributed by atoms with Crippen molar-refractivity contribution in [2.24, 2.45) is 5.10 Å². The van der Waals surface area contributed by atoms with E-state index >= 15 is 0 Å². The SMILES string of the molecule is COc1cccc(C2Oc3ccccc3C3CC(c4cc(Cl)ccc4O)=NN32)c1OC. The van der Waals surface area contributed by atoms with Gasteiger partial charge in [0.05, 0.1) is 31.5 Å². The van der Waals surface area contributed by atoms with Crippen LogP contribution in [0.4, 0.5) is 0 Å². The Balaban J connectivity index is 1.65. The molecule has 0 fully saturated rings. The summed E-state index contributed by atoms with van der Waals surface area (Å²) in [5.41, 5.74) is 3.22. The van der Waals surface area contributed by atoms with E-state index in [4.69, 9.17) is 30.9 Å². The molecule has 31 heavy (non-hydrogen) atoms. The Hall–Kier alpha value is -3.38. The van der Waals surface area contributed by atoms with Crippen molar-refractivity contribution >= 4 is 17.3 Å². The first-order chi connectivity index (χ1) is 15.1. The lowest BCUT2D eigenvalue weighted by Gasteiger charge is -2.38. The minimum absolute atomic E-state index is 0.0563. The zero-order valence-corrected chi connectivity index (χ0v) is 17.8. The lowest BCUT2D eigenvalue weighted by molar-refractivity contribution is -0.0205. The molecule has 0 saturated heterocycles. The van der Waals surface area contributed by atoms with E-state index in [-0.39, 0.29) is 11.8 Å². The molecule has 2 aliphatic rings. The van der Waals surface area contributed by atoms with Crippen molar-refractivity contribution in [3.05, 3.63) is 82.4 Å². The van der Waals surface area contributed by atoms with Crippen molar-refractivity contribution in [1.82, 2.24) is 5.01 Å². The van der Waals surface area contributed by atoms with Crippen LogP contribution in [-0.2, 0) is 0 Å². The van der Waals surface area contributed by atoms with Crippen LogP contribution in [0, 0.1) is 0 Å². The van der Waals surface area contributed by atoms with Crippen LogP contribution < -0.4 is 14.2 Å². The maximum absolute atomic E-state index is 10.4. The second-order valence-corrected chi connectivity index (χ2v) is 7.84. The molecule has 2 unspecified atom stereocenters. The van der Waals surface area contributed by atoms with Crippen LogP contribution >= 0.6 is 11.6 Å². The largest absolute Gasteiger partial charge is 0.507 e. The Labute approximate surface area is 185 Å². The van der Waals surface area contributed by atoms with E-state index < -0.39 is 6.23 Å². The van der Waals surface area contributed by atoms with Crippen LogP contribution in [-0.4, -0.2) is 30.0 Å². The molecule has 5 rings (SSSR count). The predicted octanol–water partition coefficient (Wildman–Crippen LogP) is 5.31. The van der Waals surface area contributed by atoms with Gasteiger partial charge >= 0.3 is 0 Å². The van der Waals surface area contributed by atoms with Gasteiger partial charge in [0.2, 0.25) is 6.23 Å². The first-order valence-corrected chi connectivity index (χ1v) is 10.3. The van der Waals surface area contributed by atoms with Crippen molar-refractivity contribution in [1.29, 1.82) is 0 Å². The Kier molecular flexibility index (Phi) is 4.87. The van der Waals surface area contributed by atoms with Gasteiger partial charge in [0.25, 0.3) is 0 Å². The lowest BCUT2D eigenvalue weighted by atomic mass is 9.95. The van der Waals surface area contributed by atoms with Crippen LogP contribution in [0.2, 0.25) is 5.02 Å². The topological polar surface area (TPSA) is 63.5 Å². The van der Waals surface area contributed by atoms with Gasteiger partial charge in [0, 0.05) is 22.6 Å². The van der Waals surface area contributed by atoms with Crippen LogP contribution in [0.3, 0.4) is 0 Å². The monoisotopic (exact) mass is 436 g/mol. The molecule has 6 nitrogen and oxygen atoms in total. The molecule has 0 aromatic heterocycles. The fourth-order valence-electron chi connectivity index (χ4n) is 4.25. The fourth-order valence-corrected chi connectivity index (χ4v) is 4.42. The van der Waals surface area contributed by atoms with E-state index in [1.54, 1.807) is 32.4 Å². The average Bonchev–Trinajstić information content (AvgIpc) is 3.25. The molecular weight excluding hydrogens is 416 g/mol. The van der Waals surface area contributed by atoms with E-state index in [0.29, 0.717) is 28.5 Å². The number of rotatable bonds is 4. The highest BCUT2D eigenvalue weighted by Crippen LogP contribution is 2.50. The molecule has 1 N–H and O–H groups in total.